The number of carbonyl (C=O) groups is 3. The Morgan fingerprint density at radius 2 is 1.23 bits per heavy atom. The first-order valence-electron chi connectivity index (χ1n) is 7.26. The molecule has 0 bridgehead atoms. The van der Waals surface area contributed by atoms with Crippen LogP contribution in [0.3, 0.4) is 0 Å². The quantitative estimate of drug-likeness (QED) is 0.736. The summed E-state index contributed by atoms with van der Waals surface area (Å²) in [5, 5.41) is 0. The third kappa shape index (κ3) is 3.98. The van der Waals surface area contributed by atoms with Crippen molar-refractivity contribution in [3.05, 3.63) is 71.8 Å². The van der Waals surface area contributed by atoms with E-state index < -0.39 is 17.5 Å². The molecule has 0 saturated carbocycles. The van der Waals surface area contributed by atoms with E-state index in [1.54, 1.807) is 0 Å². The number of carbonyl (C=O) groups excluding carboxylic acids is 3. The first kappa shape index (κ1) is 15.8. The van der Waals surface area contributed by atoms with Crippen LogP contribution in [0, 0.1) is 0 Å². The molecule has 2 aromatic carbocycles. The molecule has 0 unspecified atom stereocenters. The maximum absolute atomic E-state index is 12.6. The molecule has 0 atom stereocenters. The predicted octanol–water partition coefficient (Wildman–Crippen LogP) is 3.33. The van der Waals surface area contributed by atoms with Gasteiger partial charge in [-0.2, -0.15) is 0 Å². The van der Waals surface area contributed by atoms with Crippen LogP contribution in [0.2, 0.25) is 0 Å². The lowest BCUT2D eigenvalue weighted by molar-refractivity contribution is -0.137. The molecule has 0 radical (unpaired) electrons. The summed E-state index contributed by atoms with van der Waals surface area (Å²) in [6.07, 6.45) is 0.0885. The Labute approximate surface area is 130 Å². The number of benzene rings is 2. The van der Waals surface area contributed by atoms with Crippen molar-refractivity contribution in [2.45, 2.75) is 25.7 Å². The second-order valence-electron chi connectivity index (χ2n) is 5.24. The van der Waals surface area contributed by atoms with Crippen LogP contribution in [-0.4, -0.2) is 17.3 Å². The summed E-state index contributed by atoms with van der Waals surface area (Å²) in [4.78, 5) is 35.7. The Hall–Kier alpha value is -2.55. The monoisotopic (exact) mass is 294 g/mol. The van der Waals surface area contributed by atoms with E-state index in [0.29, 0.717) is 0 Å². The van der Waals surface area contributed by atoms with Crippen molar-refractivity contribution in [1.29, 1.82) is 0 Å². The van der Waals surface area contributed by atoms with Gasteiger partial charge in [-0.1, -0.05) is 60.7 Å². The maximum Gasteiger partial charge on any atom is 0.210 e. The van der Waals surface area contributed by atoms with Gasteiger partial charge in [0.2, 0.25) is 5.78 Å². The highest BCUT2D eigenvalue weighted by atomic mass is 16.2. The van der Waals surface area contributed by atoms with E-state index in [-0.39, 0.29) is 18.6 Å². The van der Waals surface area contributed by atoms with Crippen LogP contribution in [0.1, 0.15) is 36.8 Å². The largest absolute Gasteiger partial charge is 0.300 e. The highest BCUT2D eigenvalue weighted by molar-refractivity contribution is 6.40. The third-order valence-electron chi connectivity index (χ3n) is 3.51. The van der Waals surface area contributed by atoms with Crippen molar-refractivity contribution in [3.8, 4) is 0 Å². The highest BCUT2D eigenvalue weighted by Gasteiger charge is 2.27. The Kier molecular flexibility index (Phi) is 5.37. The Bertz CT molecular complexity index is 620. The first-order chi connectivity index (χ1) is 10.6. The summed E-state index contributed by atoms with van der Waals surface area (Å²) in [5.74, 6) is -1.65. The number of hydrogen-bond acceptors (Lipinski definition) is 3. The van der Waals surface area contributed by atoms with Gasteiger partial charge in [0.15, 0.2) is 5.78 Å². The molecule has 3 nitrogen and oxygen atoms in total. The van der Waals surface area contributed by atoms with Gasteiger partial charge in [-0.25, -0.2) is 0 Å². The zero-order chi connectivity index (χ0) is 15.9. The van der Waals surface area contributed by atoms with Crippen molar-refractivity contribution in [3.63, 3.8) is 0 Å². The van der Waals surface area contributed by atoms with E-state index in [1.165, 1.54) is 6.92 Å². The Morgan fingerprint density at radius 1 is 0.773 bits per heavy atom. The topological polar surface area (TPSA) is 51.2 Å². The van der Waals surface area contributed by atoms with Crippen LogP contribution >= 0.6 is 0 Å². The molecule has 0 amide bonds. The van der Waals surface area contributed by atoms with E-state index >= 15 is 0 Å². The standard InChI is InChI=1S/C19H18O3/c1-14(20)12-13-17(21)19(22)18(15-8-4-2-5-9-15)16-10-6-3-7-11-16/h2-11,18H,12-13H2,1H3. The van der Waals surface area contributed by atoms with E-state index in [9.17, 15) is 14.4 Å². The van der Waals surface area contributed by atoms with Gasteiger partial charge in [0.05, 0.1) is 5.92 Å². The summed E-state index contributed by atoms with van der Waals surface area (Å²) in [5.41, 5.74) is 1.57. The van der Waals surface area contributed by atoms with Gasteiger partial charge in [0, 0.05) is 12.8 Å². The van der Waals surface area contributed by atoms with Crippen LogP contribution in [-0.2, 0) is 14.4 Å². The fourth-order valence-corrected chi connectivity index (χ4v) is 2.36. The molecule has 0 aromatic heterocycles. The van der Waals surface area contributed by atoms with Crippen molar-refractivity contribution in [2.75, 3.05) is 0 Å². The molecular weight excluding hydrogens is 276 g/mol. The van der Waals surface area contributed by atoms with Crippen molar-refractivity contribution < 1.29 is 14.4 Å². The molecule has 0 aliphatic heterocycles. The smallest absolute Gasteiger partial charge is 0.210 e. The second kappa shape index (κ2) is 7.46. The number of Topliss-reactive ketones (excluding diaryl/α,β-unsaturated/α-hetero) is 3. The first-order valence-corrected chi connectivity index (χ1v) is 7.26. The molecule has 0 fully saturated rings. The molecule has 0 aliphatic carbocycles. The second-order valence-corrected chi connectivity index (χ2v) is 5.24. The van der Waals surface area contributed by atoms with Crippen LogP contribution in [0.4, 0.5) is 0 Å². The molecule has 0 N–H and O–H groups in total. The predicted molar refractivity (Wildman–Crippen MR) is 84.7 cm³/mol. The van der Waals surface area contributed by atoms with E-state index in [0.717, 1.165) is 11.1 Å². The SMILES string of the molecule is CC(=O)CCC(=O)C(=O)C(c1ccccc1)c1ccccc1. The molecule has 3 heteroatoms. The molecule has 2 rings (SSSR count). The summed E-state index contributed by atoms with van der Waals surface area (Å²) in [6, 6.07) is 18.5. The fourth-order valence-electron chi connectivity index (χ4n) is 2.36. The van der Waals surface area contributed by atoms with Crippen LogP contribution in [0.15, 0.2) is 60.7 Å². The van der Waals surface area contributed by atoms with E-state index in [4.69, 9.17) is 0 Å². The zero-order valence-corrected chi connectivity index (χ0v) is 12.5. The minimum absolute atomic E-state index is 0.0235. The third-order valence-corrected chi connectivity index (χ3v) is 3.51. The minimum atomic E-state index is -0.609. The lowest BCUT2D eigenvalue weighted by atomic mass is 9.85. The zero-order valence-electron chi connectivity index (χ0n) is 12.5. The lowest BCUT2D eigenvalue weighted by Gasteiger charge is -2.16. The normalized spacial score (nSPS) is 10.5. The van der Waals surface area contributed by atoms with Crippen molar-refractivity contribution in [2.24, 2.45) is 0 Å². The summed E-state index contributed by atoms with van der Waals surface area (Å²) >= 11 is 0. The highest BCUT2D eigenvalue weighted by Crippen LogP contribution is 2.26. The molecule has 22 heavy (non-hydrogen) atoms. The number of rotatable bonds is 7. The molecule has 0 heterocycles. The van der Waals surface area contributed by atoms with Gasteiger partial charge in [0.1, 0.15) is 5.78 Å². The minimum Gasteiger partial charge on any atom is -0.300 e. The number of ketones is 3. The van der Waals surface area contributed by atoms with Crippen LogP contribution in [0.5, 0.6) is 0 Å². The molecule has 2 aromatic rings. The van der Waals surface area contributed by atoms with Gasteiger partial charge in [-0.15, -0.1) is 0 Å². The summed E-state index contributed by atoms with van der Waals surface area (Å²) in [6.45, 7) is 1.42. The number of hydrogen-bond donors (Lipinski definition) is 0. The van der Waals surface area contributed by atoms with Crippen molar-refractivity contribution >= 4 is 17.3 Å². The van der Waals surface area contributed by atoms with E-state index in [1.807, 2.05) is 60.7 Å². The average Bonchev–Trinajstić information content (AvgIpc) is 2.54. The van der Waals surface area contributed by atoms with Gasteiger partial charge in [0.25, 0.3) is 0 Å². The van der Waals surface area contributed by atoms with Crippen LogP contribution < -0.4 is 0 Å². The fraction of sp³-hybridized carbons (Fsp3) is 0.211. The molecular formula is C19H18O3. The van der Waals surface area contributed by atoms with Gasteiger partial charge in [-0.05, 0) is 18.1 Å². The van der Waals surface area contributed by atoms with Gasteiger partial charge >= 0.3 is 0 Å². The maximum atomic E-state index is 12.6. The summed E-state index contributed by atoms with van der Waals surface area (Å²) in [7, 11) is 0. The Balaban J connectivity index is 2.31. The molecule has 112 valence electrons. The Morgan fingerprint density at radius 3 is 1.64 bits per heavy atom. The lowest BCUT2D eigenvalue weighted by Crippen LogP contribution is -2.23. The molecule has 0 aliphatic rings. The van der Waals surface area contributed by atoms with E-state index in [2.05, 4.69) is 0 Å². The van der Waals surface area contributed by atoms with Crippen molar-refractivity contribution in [1.82, 2.24) is 0 Å². The average molecular weight is 294 g/mol. The van der Waals surface area contributed by atoms with Crippen LogP contribution in [0.25, 0.3) is 0 Å². The van der Waals surface area contributed by atoms with Gasteiger partial charge < -0.3 is 4.79 Å². The van der Waals surface area contributed by atoms with Gasteiger partial charge in [-0.3, -0.25) is 9.59 Å². The molecule has 0 saturated heterocycles. The summed E-state index contributed by atoms with van der Waals surface area (Å²) < 4.78 is 0. The molecule has 0 spiro atoms.